The summed E-state index contributed by atoms with van der Waals surface area (Å²) in [4.78, 5) is 26.1. The smallest absolute Gasteiger partial charge is 0.259 e. The Morgan fingerprint density at radius 2 is 1.30 bits per heavy atom. The zero-order chi connectivity index (χ0) is 15.2. The van der Waals surface area contributed by atoms with Gasteiger partial charge >= 0.3 is 0 Å². The van der Waals surface area contributed by atoms with Crippen molar-refractivity contribution in [3.05, 3.63) is 0 Å². The predicted molar refractivity (Wildman–Crippen MR) is 76.7 cm³/mol. The average Bonchev–Trinajstić information content (AvgIpc) is 2.75. The average molecular weight is 402 g/mol. The highest BCUT2D eigenvalue weighted by molar-refractivity contribution is 6.63. The van der Waals surface area contributed by atoms with Gasteiger partial charge in [-0.1, -0.05) is 23.2 Å². The fraction of sp³-hybridized carbons (Fsp3) is 0.800. The summed E-state index contributed by atoms with van der Waals surface area (Å²) in [7, 11) is 1.19. The first-order valence-corrected chi connectivity index (χ1v) is 7.92. The van der Waals surface area contributed by atoms with E-state index in [2.05, 4.69) is 0 Å². The van der Waals surface area contributed by atoms with Gasteiger partial charge in [0.05, 0.1) is 29.7 Å². The number of hydroxylamine groups is 2. The number of nitrogens with zero attached hydrogens (tertiary/aromatic N) is 1. The van der Waals surface area contributed by atoms with Crippen LogP contribution < -0.4 is 0 Å². The molecule has 20 heavy (non-hydrogen) atoms. The lowest BCUT2D eigenvalue weighted by atomic mass is 9.79. The van der Waals surface area contributed by atoms with Crippen LogP contribution >= 0.6 is 69.6 Å². The Hall–Kier alpha value is 0.840. The molecule has 3 fully saturated rings. The van der Waals surface area contributed by atoms with Gasteiger partial charge in [0, 0.05) is 0 Å². The molecule has 0 aromatic carbocycles. The van der Waals surface area contributed by atoms with Crippen LogP contribution in [0.5, 0.6) is 0 Å². The number of carbonyl (C=O) groups is 2. The molecule has 1 aliphatic heterocycles. The standard InChI is InChI=1S/C10H7Cl6NO3/c1-20-17-6(18)2-3(7(17)19)9(14)5(12)4(11)8(2,13)10(9,15)16/h2-5H,1H3. The molecule has 6 unspecified atom stereocenters. The molecular weight excluding hydrogens is 395 g/mol. The maximum absolute atomic E-state index is 12.3. The number of alkyl halides is 6. The molecule has 4 nitrogen and oxygen atoms in total. The predicted octanol–water partition coefficient (Wildman–Crippen LogP) is 2.52. The normalized spacial score (nSPS) is 52.9. The number of imide groups is 1. The molecule has 3 rings (SSSR count). The third-order valence-corrected chi connectivity index (χ3v) is 9.07. The molecule has 0 aromatic heterocycles. The Balaban J connectivity index is 2.25. The van der Waals surface area contributed by atoms with Crippen molar-refractivity contribution in [1.82, 2.24) is 5.06 Å². The second-order valence-corrected chi connectivity index (χ2v) is 8.54. The Kier molecular flexibility index (Phi) is 3.32. The number of hydrogen-bond acceptors (Lipinski definition) is 3. The van der Waals surface area contributed by atoms with Crippen molar-refractivity contribution >= 4 is 81.4 Å². The zero-order valence-electron chi connectivity index (χ0n) is 9.75. The van der Waals surface area contributed by atoms with Gasteiger partial charge in [0.2, 0.25) is 0 Å². The zero-order valence-corrected chi connectivity index (χ0v) is 14.3. The van der Waals surface area contributed by atoms with Gasteiger partial charge in [-0.3, -0.25) is 14.4 Å². The highest BCUT2D eigenvalue weighted by Crippen LogP contribution is 2.76. The molecule has 2 aliphatic carbocycles. The molecule has 2 amide bonds. The summed E-state index contributed by atoms with van der Waals surface area (Å²) in [5, 5.41) is -1.35. The molecule has 2 saturated carbocycles. The molecular formula is C10H7Cl6NO3. The Bertz CT molecular complexity index is 487. The van der Waals surface area contributed by atoms with Gasteiger partial charge in [-0.05, 0) is 0 Å². The lowest BCUT2D eigenvalue weighted by molar-refractivity contribution is -0.182. The first kappa shape index (κ1) is 15.7. The van der Waals surface area contributed by atoms with Crippen molar-refractivity contribution in [2.75, 3.05) is 7.11 Å². The van der Waals surface area contributed by atoms with E-state index in [9.17, 15) is 9.59 Å². The van der Waals surface area contributed by atoms with Crippen molar-refractivity contribution in [3.63, 3.8) is 0 Å². The van der Waals surface area contributed by atoms with Crippen molar-refractivity contribution in [2.45, 2.75) is 24.8 Å². The summed E-state index contributed by atoms with van der Waals surface area (Å²) in [5.41, 5.74) is 0. The molecule has 1 heterocycles. The van der Waals surface area contributed by atoms with Crippen molar-refractivity contribution < 1.29 is 14.4 Å². The van der Waals surface area contributed by atoms with Gasteiger partial charge in [-0.2, -0.15) is 5.06 Å². The quantitative estimate of drug-likeness (QED) is 0.501. The highest BCUT2D eigenvalue weighted by atomic mass is 35.5. The van der Waals surface area contributed by atoms with Crippen LogP contribution in [0.15, 0.2) is 0 Å². The maximum Gasteiger partial charge on any atom is 0.259 e. The highest BCUT2D eigenvalue weighted by Gasteiger charge is 2.90. The lowest BCUT2D eigenvalue weighted by Gasteiger charge is -2.35. The number of amides is 2. The Morgan fingerprint density at radius 1 is 0.950 bits per heavy atom. The molecule has 112 valence electrons. The minimum Gasteiger partial charge on any atom is -0.272 e. The van der Waals surface area contributed by atoms with Crippen LogP contribution in [0.3, 0.4) is 0 Å². The Labute approximate surface area is 144 Å². The molecule has 0 spiro atoms. The van der Waals surface area contributed by atoms with E-state index in [0.717, 1.165) is 0 Å². The maximum atomic E-state index is 12.3. The molecule has 10 heteroatoms. The van der Waals surface area contributed by atoms with Gasteiger partial charge < -0.3 is 0 Å². The van der Waals surface area contributed by atoms with E-state index < -0.39 is 48.5 Å². The van der Waals surface area contributed by atoms with E-state index in [-0.39, 0.29) is 0 Å². The molecule has 6 atom stereocenters. The SMILES string of the molecule is CON1C(=O)C2C(C1=O)C1(Cl)C(Cl)C(Cl)C2(Cl)C1(Cl)Cl. The molecule has 2 bridgehead atoms. The van der Waals surface area contributed by atoms with Gasteiger partial charge in [-0.15, -0.1) is 46.4 Å². The molecule has 0 aromatic rings. The van der Waals surface area contributed by atoms with E-state index in [1.54, 1.807) is 0 Å². The fourth-order valence-corrected chi connectivity index (χ4v) is 6.81. The summed E-state index contributed by atoms with van der Waals surface area (Å²) in [6.07, 6.45) is 0. The molecule has 3 aliphatic rings. The summed E-state index contributed by atoms with van der Waals surface area (Å²) in [6.45, 7) is 0. The van der Waals surface area contributed by atoms with E-state index in [4.69, 9.17) is 74.4 Å². The minimum absolute atomic E-state index is 0.602. The minimum atomic E-state index is -1.83. The van der Waals surface area contributed by atoms with Gasteiger partial charge in [0.25, 0.3) is 11.8 Å². The van der Waals surface area contributed by atoms with Crippen molar-refractivity contribution in [3.8, 4) is 0 Å². The van der Waals surface area contributed by atoms with E-state index in [1.807, 2.05) is 0 Å². The number of carbonyl (C=O) groups excluding carboxylic acids is 2. The van der Waals surface area contributed by atoms with Gasteiger partial charge in [0.1, 0.15) is 9.75 Å². The topological polar surface area (TPSA) is 46.6 Å². The first-order chi connectivity index (χ1) is 9.08. The molecule has 0 N–H and O–H groups in total. The number of halogens is 6. The first-order valence-electron chi connectivity index (χ1n) is 5.54. The van der Waals surface area contributed by atoms with Crippen LogP contribution in [0.2, 0.25) is 0 Å². The van der Waals surface area contributed by atoms with Crippen LogP contribution in [0.4, 0.5) is 0 Å². The van der Waals surface area contributed by atoms with Crippen LogP contribution in [-0.2, 0) is 14.4 Å². The summed E-state index contributed by atoms with van der Waals surface area (Å²) in [6, 6.07) is 0. The Morgan fingerprint density at radius 3 is 1.60 bits per heavy atom. The fourth-order valence-electron chi connectivity index (χ4n) is 3.47. The third kappa shape index (κ3) is 1.27. The largest absolute Gasteiger partial charge is 0.272 e. The summed E-state index contributed by atoms with van der Waals surface area (Å²) in [5.74, 6) is -3.50. The number of rotatable bonds is 1. The second kappa shape index (κ2) is 4.22. The van der Waals surface area contributed by atoms with E-state index in [1.165, 1.54) is 7.11 Å². The van der Waals surface area contributed by atoms with Crippen LogP contribution in [0, 0.1) is 11.8 Å². The number of fused-ring (bicyclic) bond motifs is 5. The van der Waals surface area contributed by atoms with Gasteiger partial charge in [0.15, 0.2) is 4.33 Å². The lowest BCUT2D eigenvalue weighted by Crippen LogP contribution is -2.51. The summed E-state index contributed by atoms with van der Waals surface area (Å²) >= 11 is 38.0. The summed E-state index contributed by atoms with van der Waals surface area (Å²) < 4.78 is -1.83. The molecule has 1 saturated heterocycles. The van der Waals surface area contributed by atoms with E-state index in [0.29, 0.717) is 5.06 Å². The van der Waals surface area contributed by atoms with E-state index >= 15 is 0 Å². The molecule has 0 radical (unpaired) electrons. The van der Waals surface area contributed by atoms with Crippen molar-refractivity contribution in [2.24, 2.45) is 11.8 Å². The van der Waals surface area contributed by atoms with Crippen LogP contribution in [0.25, 0.3) is 0 Å². The monoisotopic (exact) mass is 399 g/mol. The van der Waals surface area contributed by atoms with Gasteiger partial charge in [-0.25, -0.2) is 0 Å². The third-order valence-electron chi connectivity index (χ3n) is 4.38. The van der Waals surface area contributed by atoms with Crippen LogP contribution in [0.1, 0.15) is 0 Å². The second-order valence-electron chi connectivity index (χ2n) is 5.02. The van der Waals surface area contributed by atoms with Crippen molar-refractivity contribution in [1.29, 1.82) is 0 Å². The van der Waals surface area contributed by atoms with Crippen LogP contribution in [-0.4, -0.2) is 48.8 Å². The number of hydrogen-bond donors (Lipinski definition) is 0.